The Labute approximate surface area is 103 Å². The number of rotatable bonds is 3. The van der Waals surface area contributed by atoms with Crippen molar-refractivity contribution in [2.45, 2.75) is 32.8 Å². The zero-order valence-corrected chi connectivity index (χ0v) is 10.6. The van der Waals surface area contributed by atoms with Gasteiger partial charge in [0.2, 0.25) is 0 Å². The number of nitrogen functional groups attached to an aromatic ring is 1. The van der Waals surface area contributed by atoms with Gasteiger partial charge >= 0.3 is 0 Å². The van der Waals surface area contributed by atoms with Crippen molar-refractivity contribution in [2.24, 2.45) is 0 Å². The summed E-state index contributed by atoms with van der Waals surface area (Å²) >= 11 is 0. The zero-order chi connectivity index (χ0) is 12.3. The van der Waals surface area contributed by atoms with Crippen molar-refractivity contribution in [2.75, 3.05) is 30.3 Å². The van der Waals surface area contributed by atoms with Crippen LogP contribution in [0.2, 0.25) is 0 Å². The first kappa shape index (κ1) is 12.2. The highest BCUT2D eigenvalue weighted by Gasteiger charge is 2.21. The number of nitrogens with zero attached hydrogens (tertiary/aromatic N) is 2. The van der Waals surface area contributed by atoms with Crippen LogP contribution in [0.3, 0.4) is 0 Å². The van der Waals surface area contributed by atoms with Crippen molar-refractivity contribution >= 4 is 11.5 Å². The fourth-order valence-electron chi connectivity index (χ4n) is 2.25. The summed E-state index contributed by atoms with van der Waals surface area (Å²) in [6, 6.07) is 3.93. The average molecular weight is 235 g/mol. The number of hydrogen-bond acceptors (Lipinski definition) is 4. The van der Waals surface area contributed by atoms with Crippen LogP contribution in [0.1, 0.15) is 25.5 Å². The lowest BCUT2D eigenvalue weighted by Crippen LogP contribution is -2.40. The average Bonchev–Trinajstić information content (AvgIpc) is 2.33. The van der Waals surface area contributed by atoms with Crippen molar-refractivity contribution in [3.05, 3.63) is 17.8 Å². The van der Waals surface area contributed by atoms with Crippen molar-refractivity contribution < 1.29 is 4.74 Å². The van der Waals surface area contributed by atoms with Crippen LogP contribution in [0.15, 0.2) is 12.1 Å². The second-order valence-electron chi connectivity index (χ2n) is 4.51. The van der Waals surface area contributed by atoms with Crippen LogP contribution in [0.5, 0.6) is 0 Å². The molecule has 4 nitrogen and oxygen atoms in total. The molecule has 1 aromatic rings. The summed E-state index contributed by atoms with van der Waals surface area (Å²) in [6.07, 6.45) is 2.65. The third kappa shape index (κ3) is 2.88. The molecular weight excluding hydrogens is 214 g/mol. The standard InChI is InChI=1S/C13H21N3O/c1-3-17-11-5-4-8-16(9-11)13-7-6-12(14)10(2)15-13/h6-7,11H,3-5,8-9,14H2,1-2H3. The Bertz CT molecular complexity index is 379. The molecule has 0 radical (unpaired) electrons. The van der Waals surface area contributed by atoms with E-state index < -0.39 is 0 Å². The Morgan fingerprint density at radius 1 is 1.53 bits per heavy atom. The second kappa shape index (κ2) is 5.36. The predicted molar refractivity (Wildman–Crippen MR) is 70.2 cm³/mol. The van der Waals surface area contributed by atoms with Gasteiger partial charge in [0.05, 0.1) is 17.5 Å². The minimum absolute atomic E-state index is 0.341. The smallest absolute Gasteiger partial charge is 0.129 e. The van der Waals surface area contributed by atoms with E-state index in [4.69, 9.17) is 10.5 Å². The van der Waals surface area contributed by atoms with Crippen molar-refractivity contribution in [1.82, 2.24) is 4.98 Å². The Balaban J connectivity index is 2.08. The van der Waals surface area contributed by atoms with E-state index in [1.807, 2.05) is 26.0 Å². The zero-order valence-electron chi connectivity index (χ0n) is 10.6. The van der Waals surface area contributed by atoms with Crippen LogP contribution < -0.4 is 10.6 Å². The van der Waals surface area contributed by atoms with Gasteiger partial charge in [-0.15, -0.1) is 0 Å². The highest BCUT2D eigenvalue weighted by molar-refractivity contribution is 5.50. The molecule has 2 N–H and O–H groups in total. The quantitative estimate of drug-likeness (QED) is 0.870. The molecule has 1 unspecified atom stereocenters. The van der Waals surface area contributed by atoms with Crippen LogP contribution in [0, 0.1) is 6.92 Å². The fourth-order valence-corrected chi connectivity index (χ4v) is 2.25. The first-order valence-corrected chi connectivity index (χ1v) is 6.30. The van der Waals surface area contributed by atoms with Gasteiger partial charge in [0.1, 0.15) is 5.82 Å². The maximum Gasteiger partial charge on any atom is 0.129 e. The molecule has 1 saturated heterocycles. The Morgan fingerprint density at radius 3 is 3.06 bits per heavy atom. The summed E-state index contributed by atoms with van der Waals surface area (Å²) < 4.78 is 5.69. The second-order valence-corrected chi connectivity index (χ2v) is 4.51. The van der Waals surface area contributed by atoms with E-state index >= 15 is 0 Å². The number of ether oxygens (including phenoxy) is 1. The SMILES string of the molecule is CCOC1CCCN(c2ccc(N)c(C)n2)C1. The molecule has 0 aromatic carbocycles. The van der Waals surface area contributed by atoms with Gasteiger partial charge in [-0.05, 0) is 38.8 Å². The van der Waals surface area contributed by atoms with Gasteiger partial charge in [0.15, 0.2) is 0 Å². The van der Waals surface area contributed by atoms with E-state index in [0.29, 0.717) is 6.10 Å². The molecule has 2 rings (SSSR count). The van der Waals surface area contributed by atoms with Crippen LogP contribution >= 0.6 is 0 Å². The predicted octanol–water partition coefficient (Wildman–Crippen LogP) is 1.98. The summed E-state index contributed by atoms with van der Waals surface area (Å²) in [5, 5.41) is 0. The summed E-state index contributed by atoms with van der Waals surface area (Å²) in [5.41, 5.74) is 7.45. The third-order valence-corrected chi connectivity index (χ3v) is 3.22. The van der Waals surface area contributed by atoms with Crippen molar-refractivity contribution in [1.29, 1.82) is 0 Å². The van der Waals surface area contributed by atoms with Crippen molar-refractivity contribution in [3.63, 3.8) is 0 Å². The van der Waals surface area contributed by atoms with Crippen molar-refractivity contribution in [3.8, 4) is 0 Å². The summed E-state index contributed by atoms with van der Waals surface area (Å²) in [6.45, 7) is 6.77. The molecule has 0 aliphatic carbocycles. The van der Waals surface area contributed by atoms with Gasteiger partial charge in [-0.2, -0.15) is 0 Å². The van der Waals surface area contributed by atoms with Gasteiger partial charge in [0.25, 0.3) is 0 Å². The van der Waals surface area contributed by atoms with Gasteiger partial charge in [-0.1, -0.05) is 0 Å². The maximum atomic E-state index is 5.79. The minimum atomic E-state index is 0.341. The lowest BCUT2D eigenvalue weighted by molar-refractivity contribution is 0.0525. The van der Waals surface area contributed by atoms with Crippen LogP contribution in [0.25, 0.3) is 0 Å². The lowest BCUT2D eigenvalue weighted by atomic mass is 10.1. The Morgan fingerprint density at radius 2 is 2.35 bits per heavy atom. The number of aromatic nitrogens is 1. The molecule has 0 bridgehead atoms. The van der Waals surface area contributed by atoms with E-state index in [1.165, 1.54) is 0 Å². The molecule has 2 heterocycles. The molecule has 1 aromatic heterocycles. The number of hydrogen-bond donors (Lipinski definition) is 1. The van der Waals surface area contributed by atoms with E-state index in [1.54, 1.807) is 0 Å². The molecule has 0 amide bonds. The lowest BCUT2D eigenvalue weighted by Gasteiger charge is -2.33. The van der Waals surface area contributed by atoms with Gasteiger partial charge in [-0.25, -0.2) is 4.98 Å². The first-order valence-electron chi connectivity index (χ1n) is 6.30. The summed E-state index contributed by atoms with van der Waals surface area (Å²) in [7, 11) is 0. The van der Waals surface area contributed by atoms with Crippen LogP contribution in [0.4, 0.5) is 11.5 Å². The fraction of sp³-hybridized carbons (Fsp3) is 0.615. The first-order chi connectivity index (χ1) is 8.20. The normalized spacial score (nSPS) is 20.6. The highest BCUT2D eigenvalue weighted by atomic mass is 16.5. The Hall–Kier alpha value is -1.29. The topological polar surface area (TPSA) is 51.4 Å². The van der Waals surface area contributed by atoms with Gasteiger partial charge in [0, 0.05) is 19.7 Å². The molecule has 17 heavy (non-hydrogen) atoms. The van der Waals surface area contributed by atoms with Crippen LogP contribution in [-0.2, 0) is 4.74 Å². The molecule has 1 aliphatic rings. The Kier molecular flexibility index (Phi) is 3.84. The summed E-state index contributed by atoms with van der Waals surface area (Å²) in [5.74, 6) is 1.01. The molecule has 0 spiro atoms. The molecule has 94 valence electrons. The highest BCUT2D eigenvalue weighted by Crippen LogP contribution is 2.21. The third-order valence-electron chi connectivity index (χ3n) is 3.22. The summed E-state index contributed by atoms with van der Waals surface area (Å²) in [4.78, 5) is 6.82. The monoisotopic (exact) mass is 235 g/mol. The van der Waals surface area contributed by atoms with Crippen LogP contribution in [-0.4, -0.2) is 30.8 Å². The molecule has 1 aliphatic heterocycles. The van der Waals surface area contributed by atoms with E-state index in [-0.39, 0.29) is 0 Å². The van der Waals surface area contributed by atoms with Gasteiger partial charge < -0.3 is 15.4 Å². The van der Waals surface area contributed by atoms with E-state index in [2.05, 4.69) is 9.88 Å². The number of aryl methyl sites for hydroxylation is 1. The molecule has 1 atom stereocenters. The number of nitrogens with two attached hydrogens (primary N) is 1. The largest absolute Gasteiger partial charge is 0.397 e. The van der Waals surface area contributed by atoms with Gasteiger partial charge in [-0.3, -0.25) is 0 Å². The number of piperidine rings is 1. The number of anilines is 2. The molecule has 1 fully saturated rings. The molecule has 4 heteroatoms. The number of pyridine rings is 1. The van der Waals surface area contributed by atoms with E-state index in [9.17, 15) is 0 Å². The minimum Gasteiger partial charge on any atom is -0.397 e. The van der Waals surface area contributed by atoms with E-state index in [0.717, 1.165) is 49.7 Å². The molecule has 0 saturated carbocycles. The maximum absolute atomic E-state index is 5.79. The molecular formula is C13H21N3O.